The quantitative estimate of drug-likeness (QED) is 0.163. The summed E-state index contributed by atoms with van der Waals surface area (Å²) in [5.74, 6) is 0. The Labute approximate surface area is 330 Å². The van der Waals surface area contributed by atoms with E-state index in [2.05, 4.69) is 222 Å². The lowest BCUT2D eigenvalue weighted by molar-refractivity contribution is 0.669. The topological polar surface area (TPSA) is 21.3 Å². The van der Waals surface area contributed by atoms with E-state index in [0.717, 1.165) is 55.8 Å². The van der Waals surface area contributed by atoms with Crippen molar-refractivity contribution in [3.63, 3.8) is 0 Å². The van der Waals surface area contributed by atoms with Crippen molar-refractivity contribution >= 4 is 60.8 Å². The summed E-state index contributed by atoms with van der Waals surface area (Å²) in [7, 11) is 0. The standard InChI is InChI=1S/C54H36N2O/c1-4-14-37(15-5-1)39-24-30-43(31-25-39)55(44-32-26-40(27-33-44)38-16-6-2-7-17-38)45-34-28-41(29-35-45)48-36-51-52(47-21-11-13-23-50(47)57-51)53-46-20-10-12-22-49(46)56(54(48)53)42-18-8-3-9-19-42/h1-36H. The highest BCUT2D eigenvalue weighted by molar-refractivity contribution is 6.30. The molecule has 0 aliphatic carbocycles. The molecule has 2 aromatic heterocycles. The second-order valence-electron chi connectivity index (χ2n) is 14.5. The Morgan fingerprint density at radius 1 is 0.351 bits per heavy atom. The number of hydrogen-bond donors (Lipinski definition) is 0. The summed E-state index contributed by atoms with van der Waals surface area (Å²) in [6, 6.07) is 77.9. The third kappa shape index (κ3) is 5.60. The van der Waals surface area contributed by atoms with Gasteiger partial charge < -0.3 is 13.9 Å². The minimum absolute atomic E-state index is 0.886. The molecule has 0 saturated heterocycles. The van der Waals surface area contributed by atoms with Gasteiger partial charge in [0.25, 0.3) is 0 Å². The Morgan fingerprint density at radius 3 is 1.39 bits per heavy atom. The van der Waals surface area contributed by atoms with Crippen LogP contribution in [0.1, 0.15) is 0 Å². The fourth-order valence-electron chi connectivity index (χ4n) is 8.54. The summed E-state index contributed by atoms with van der Waals surface area (Å²) in [6.45, 7) is 0. The van der Waals surface area contributed by atoms with E-state index in [4.69, 9.17) is 4.42 Å². The van der Waals surface area contributed by atoms with Crippen LogP contribution >= 0.6 is 0 Å². The predicted molar refractivity (Wildman–Crippen MR) is 239 cm³/mol. The molecule has 3 nitrogen and oxygen atoms in total. The molecule has 0 aliphatic heterocycles. The summed E-state index contributed by atoms with van der Waals surface area (Å²) in [6.07, 6.45) is 0. The van der Waals surface area contributed by atoms with E-state index in [0.29, 0.717) is 0 Å². The van der Waals surface area contributed by atoms with Gasteiger partial charge in [-0.3, -0.25) is 0 Å². The highest BCUT2D eigenvalue weighted by Crippen LogP contribution is 2.46. The lowest BCUT2D eigenvalue weighted by Crippen LogP contribution is -2.09. The van der Waals surface area contributed by atoms with Crippen LogP contribution < -0.4 is 4.90 Å². The van der Waals surface area contributed by atoms with E-state index < -0.39 is 0 Å². The van der Waals surface area contributed by atoms with Gasteiger partial charge in [0.15, 0.2) is 0 Å². The normalized spacial score (nSPS) is 11.5. The fourth-order valence-corrected chi connectivity index (χ4v) is 8.54. The predicted octanol–water partition coefficient (Wildman–Crippen LogP) is 15.2. The molecule has 11 rings (SSSR count). The van der Waals surface area contributed by atoms with Crippen LogP contribution in [0.15, 0.2) is 223 Å². The number of benzene rings is 9. The van der Waals surface area contributed by atoms with Crippen molar-refractivity contribution in [1.82, 2.24) is 4.57 Å². The molecule has 0 bridgehead atoms. The number of nitrogens with zero attached hydrogens (tertiary/aromatic N) is 2. The average molecular weight is 729 g/mol. The van der Waals surface area contributed by atoms with Crippen molar-refractivity contribution in [2.45, 2.75) is 0 Å². The Balaban J connectivity index is 1.09. The molecule has 0 amide bonds. The van der Waals surface area contributed by atoms with Crippen LogP contribution in [0.2, 0.25) is 0 Å². The van der Waals surface area contributed by atoms with Crippen molar-refractivity contribution in [2.24, 2.45) is 0 Å². The molecule has 0 unspecified atom stereocenters. The molecule has 0 fully saturated rings. The second-order valence-corrected chi connectivity index (χ2v) is 14.5. The Morgan fingerprint density at radius 2 is 0.807 bits per heavy atom. The molecule has 9 aromatic carbocycles. The van der Waals surface area contributed by atoms with Gasteiger partial charge in [-0.25, -0.2) is 0 Å². The van der Waals surface area contributed by atoms with Gasteiger partial charge in [-0.05, 0) is 94.5 Å². The minimum Gasteiger partial charge on any atom is -0.456 e. The molecule has 0 radical (unpaired) electrons. The van der Waals surface area contributed by atoms with Gasteiger partial charge in [0.05, 0.1) is 11.0 Å². The maximum atomic E-state index is 6.63. The largest absolute Gasteiger partial charge is 0.456 e. The van der Waals surface area contributed by atoms with E-state index >= 15 is 0 Å². The molecule has 2 heterocycles. The monoisotopic (exact) mass is 728 g/mol. The molecular formula is C54H36N2O. The van der Waals surface area contributed by atoms with Crippen LogP contribution in [-0.4, -0.2) is 4.57 Å². The second kappa shape index (κ2) is 13.6. The highest BCUT2D eigenvalue weighted by atomic mass is 16.3. The zero-order valence-corrected chi connectivity index (χ0v) is 31.1. The zero-order valence-electron chi connectivity index (χ0n) is 31.1. The highest BCUT2D eigenvalue weighted by Gasteiger charge is 2.23. The SMILES string of the molecule is c1ccc(-c2ccc(N(c3ccc(-c4ccccc4)cc3)c3ccc(-c4cc5oc6ccccc6c5c5c6ccccc6n(-c6ccccc6)c45)cc3)cc2)cc1. The maximum Gasteiger partial charge on any atom is 0.136 e. The Bertz CT molecular complexity index is 3100. The van der Waals surface area contributed by atoms with Crippen LogP contribution in [0.25, 0.3) is 82.8 Å². The number of rotatable bonds is 7. The van der Waals surface area contributed by atoms with E-state index in [1.54, 1.807) is 0 Å². The van der Waals surface area contributed by atoms with Gasteiger partial charge in [-0.15, -0.1) is 0 Å². The van der Waals surface area contributed by atoms with E-state index in [9.17, 15) is 0 Å². The van der Waals surface area contributed by atoms with Gasteiger partial charge in [0.1, 0.15) is 11.2 Å². The first-order valence-electron chi connectivity index (χ1n) is 19.4. The number of aromatic nitrogens is 1. The molecule has 0 spiro atoms. The first kappa shape index (κ1) is 32.8. The Hall–Kier alpha value is -7.62. The molecule has 0 atom stereocenters. The smallest absolute Gasteiger partial charge is 0.136 e. The van der Waals surface area contributed by atoms with Gasteiger partial charge in [-0.1, -0.05) is 152 Å². The summed E-state index contributed by atoms with van der Waals surface area (Å²) >= 11 is 0. The summed E-state index contributed by atoms with van der Waals surface area (Å²) in [5.41, 5.74) is 15.5. The van der Waals surface area contributed by atoms with E-state index in [1.165, 1.54) is 44.1 Å². The number of hydrogen-bond acceptors (Lipinski definition) is 2. The molecule has 11 aromatic rings. The summed E-state index contributed by atoms with van der Waals surface area (Å²) in [5, 5.41) is 4.68. The molecule has 57 heavy (non-hydrogen) atoms. The van der Waals surface area contributed by atoms with Crippen molar-refractivity contribution in [1.29, 1.82) is 0 Å². The van der Waals surface area contributed by atoms with E-state index in [1.807, 2.05) is 6.07 Å². The zero-order chi connectivity index (χ0) is 37.7. The third-order valence-corrected chi connectivity index (χ3v) is 11.2. The van der Waals surface area contributed by atoms with Gasteiger partial charge in [-0.2, -0.15) is 0 Å². The number of furan rings is 1. The lowest BCUT2D eigenvalue weighted by Gasteiger charge is -2.26. The van der Waals surface area contributed by atoms with Crippen LogP contribution in [0.5, 0.6) is 0 Å². The fraction of sp³-hybridized carbons (Fsp3) is 0. The van der Waals surface area contributed by atoms with Crippen LogP contribution in [0.3, 0.4) is 0 Å². The number of para-hydroxylation sites is 3. The summed E-state index contributed by atoms with van der Waals surface area (Å²) in [4.78, 5) is 2.34. The molecule has 268 valence electrons. The third-order valence-electron chi connectivity index (χ3n) is 11.2. The lowest BCUT2D eigenvalue weighted by atomic mass is 9.97. The Kier molecular flexibility index (Phi) is 7.82. The van der Waals surface area contributed by atoms with Gasteiger partial charge in [0.2, 0.25) is 0 Å². The minimum atomic E-state index is 0.886. The summed E-state index contributed by atoms with van der Waals surface area (Å²) < 4.78 is 9.05. The number of fused-ring (bicyclic) bond motifs is 7. The van der Waals surface area contributed by atoms with Crippen molar-refractivity contribution in [2.75, 3.05) is 4.90 Å². The van der Waals surface area contributed by atoms with Crippen LogP contribution in [0.4, 0.5) is 17.1 Å². The first-order chi connectivity index (χ1) is 28.3. The molecule has 0 saturated carbocycles. The van der Waals surface area contributed by atoms with Crippen molar-refractivity contribution < 1.29 is 4.42 Å². The first-order valence-corrected chi connectivity index (χ1v) is 19.4. The molecule has 0 aliphatic rings. The van der Waals surface area contributed by atoms with Crippen molar-refractivity contribution in [3.8, 4) is 39.1 Å². The molecular weight excluding hydrogens is 693 g/mol. The average Bonchev–Trinajstić information content (AvgIpc) is 3.84. The van der Waals surface area contributed by atoms with E-state index in [-0.39, 0.29) is 0 Å². The number of anilines is 3. The maximum absolute atomic E-state index is 6.63. The molecule has 0 N–H and O–H groups in total. The molecule has 3 heteroatoms. The van der Waals surface area contributed by atoms with Crippen LogP contribution in [0, 0.1) is 0 Å². The van der Waals surface area contributed by atoms with Crippen molar-refractivity contribution in [3.05, 3.63) is 218 Å². The van der Waals surface area contributed by atoms with Gasteiger partial charge in [0, 0.05) is 49.9 Å². The van der Waals surface area contributed by atoms with Gasteiger partial charge >= 0.3 is 0 Å². The van der Waals surface area contributed by atoms with Crippen LogP contribution in [-0.2, 0) is 0 Å².